The lowest BCUT2D eigenvalue weighted by Crippen LogP contribution is -2.57. The zero-order valence-electron chi connectivity index (χ0n) is 14.7. The van der Waals surface area contributed by atoms with Crippen molar-refractivity contribution in [3.8, 4) is 0 Å². The van der Waals surface area contributed by atoms with E-state index in [1.807, 2.05) is 18.2 Å². The molecule has 0 amide bonds. The van der Waals surface area contributed by atoms with Gasteiger partial charge in [-0.1, -0.05) is 6.07 Å². The fraction of sp³-hybridized carbons (Fsp3) is 0.688. The number of sulfonamides is 1. The Morgan fingerprint density at radius 2 is 2.00 bits per heavy atom. The topological polar surface area (TPSA) is 115 Å². The number of hydrogen-bond donors (Lipinski definition) is 3. The highest BCUT2D eigenvalue weighted by Gasteiger charge is 2.46. The van der Waals surface area contributed by atoms with Crippen LogP contribution in [0, 0.1) is 0 Å². The normalized spacial score (nSPS) is 30.7. The quantitative estimate of drug-likeness (QED) is 0.527. The van der Waals surface area contributed by atoms with Crippen molar-refractivity contribution >= 4 is 15.8 Å². The molecule has 3 heterocycles. The Morgan fingerprint density at radius 3 is 2.58 bits per heavy atom. The molecule has 4 atom stereocenters. The molecule has 0 radical (unpaired) electrons. The molecule has 0 aromatic carbocycles. The monoisotopic (exact) mass is 386 g/mol. The summed E-state index contributed by atoms with van der Waals surface area (Å²) in [7, 11) is -3.36. The van der Waals surface area contributed by atoms with Crippen LogP contribution in [0.15, 0.2) is 24.4 Å². The Hall–Kier alpha value is -1.30. The van der Waals surface area contributed by atoms with E-state index in [0.717, 1.165) is 25.2 Å². The lowest BCUT2D eigenvalue weighted by Gasteiger charge is -2.40. The summed E-state index contributed by atoms with van der Waals surface area (Å²) in [5.41, 5.74) is 0. The Kier molecular flexibility index (Phi) is 6.10. The smallest absolute Gasteiger partial charge is 0.208 e. The third-order valence-corrected chi connectivity index (χ3v) is 5.59. The second-order valence-corrected chi connectivity index (χ2v) is 8.54. The van der Waals surface area contributed by atoms with E-state index >= 15 is 0 Å². The van der Waals surface area contributed by atoms with Crippen molar-refractivity contribution in [3.05, 3.63) is 24.4 Å². The van der Waals surface area contributed by atoms with Gasteiger partial charge in [0.05, 0.1) is 25.0 Å². The molecule has 0 spiro atoms. The number of nitrogens with one attached hydrogen (secondary N) is 1. The second-order valence-electron chi connectivity index (χ2n) is 6.71. The second kappa shape index (κ2) is 8.15. The number of aliphatic hydroxyl groups is 2. The lowest BCUT2D eigenvalue weighted by molar-refractivity contribution is -0.0201. The molecular weight excluding hydrogens is 360 g/mol. The first-order chi connectivity index (χ1) is 12.4. The number of anilines is 1. The SMILES string of the molecule is CS(=O)(=O)NC[C@H]1O[C@@H](CO)[C@@H](O)[C@H]1N1CCN(c2ccccn2)CC1. The highest BCUT2D eigenvalue weighted by Crippen LogP contribution is 2.27. The van der Waals surface area contributed by atoms with Crippen LogP contribution in [0.25, 0.3) is 0 Å². The first-order valence-electron chi connectivity index (χ1n) is 8.68. The minimum absolute atomic E-state index is 0.0670. The summed E-state index contributed by atoms with van der Waals surface area (Å²) in [5.74, 6) is 0.916. The van der Waals surface area contributed by atoms with E-state index in [-0.39, 0.29) is 19.2 Å². The molecule has 0 saturated carbocycles. The van der Waals surface area contributed by atoms with Crippen LogP contribution in [0.3, 0.4) is 0 Å². The summed E-state index contributed by atoms with van der Waals surface area (Å²) in [6.45, 7) is 2.63. The third kappa shape index (κ3) is 4.51. The van der Waals surface area contributed by atoms with Gasteiger partial charge in [0.25, 0.3) is 0 Å². The molecule has 2 aliphatic rings. The molecule has 3 rings (SSSR count). The van der Waals surface area contributed by atoms with E-state index in [4.69, 9.17) is 4.74 Å². The fourth-order valence-electron chi connectivity index (χ4n) is 3.62. The van der Waals surface area contributed by atoms with Crippen molar-refractivity contribution in [2.45, 2.75) is 24.4 Å². The summed E-state index contributed by atoms with van der Waals surface area (Å²) < 4.78 is 30.9. The van der Waals surface area contributed by atoms with Gasteiger partial charge in [-0.05, 0) is 12.1 Å². The van der Waals surface area contributed by atoms with Crippen LogP contribution in [0.4, 0.5) is 5.82 Å². The first-order valence-corrected chi connectivity index (χ1v) is 10.6. The van der Waals surface area contributed by atoms with E-state index < -0.39 is 28.3 Å². The molecule has 2 aliphatic heterocycles. The molecular formula is C16H26N4O5S. The Balaban J connectivity index is 1.65. The molecule has 0 aliphatic carbocycles. The maximum Gasteiger partial charge on any atom is 0.208 e. The van der Waals surface area contributed by atoms with Gasteiger partial charge < -0.3 is 19.8 Å². The average molecular weight is 386 g/mol. The van der Waals surface area contributed by atoms with Crippen LogP contribution >= 0.6 is 0 Å². The summed E-state index contributed by atoms with van der Waals surface area (Å²) in [4.78, 5) is 8.64. The summed E-state index contributed by atoms with van der Waals surface area (Å²) in [5, 5.41) is 20.0. The molecule has 2 saturated heterocycles. The predicted molar refractivity (Wildman–Crippen MR) is 96.4 cm³/mol. The fourth-order valence-corrected chi connectivity index (χ4v) is 4.09. The Labute approximate surface area is 153 Å². The van der Waals surface area contributed by atoms with Gasteiger partial charge in [0.1, 0.15) is 18.0 Å². The number of ether oxygens (including phenoxy) is 1. The minimum Gasteiger partial charge on any atom is -0.394 e. The standard InChI is InChI=1S/C16H26N4O5S/c1-26(23,24)18-10-12-15(16(22)13(11-21)25-12)20-8-6-19(7-9-20)14-4-2-3-5-17-14/h2-5,12-13,15-16,18,21-22H,6-11H2,1H3/t12-,13+,15+,16-/m1/s1. The predicted octanol–water partition coefficient (Wildman–Crippen LogP) is -1.76. The zero-order valence-corrected chi connectivity index (χ0v) is 15.5. The van der Waals surface area contributed by atoms with E-state index in [0.29, 0.717) is 13.1 Å². The van der Waals surface area contributed by atoms with Crippen LogP contribution in [0.5, 0.6) is 0 Å². The number of aliphatic hydroxyl groups excluding tert-OH is 2. The van der Waals surface area contributed by atoms with Crippen LogP contribution < -0.4 is 9.62 Å². The molecule has 0 bridgehead atoms. The molecule has 146 valence electrons. The van der Waals surface area contributed by atoms with Gasteiger partial charge in [0.15, 0.2) is 0 Å². The number of rotatable bonds is 6. The highest BCUT2D eigenvalue weighted by molar-refractivity contribution is 7.88. The van der Waals surface area contributed by atoms with Crippen LogP contribution in [0.1, 0.15) is 0 Å². The summed E-state index contributed by atoms with van der Waals surface area (Å²) in [6.07, 6.45) is 0.753. The van der Waals surface area contributed by atoms with E-state index in [1.165, 1.54) is 0 Å². The summed E-state index contributed by atoms with van der Waals surface area (Å²) >= 11 is 0. The van der Waals surface area contributed by atoms with Crippen molar-refractivity contribution in [2.24, 2.45) is 0 Å². The van der Waals surface area contributed by atoms with Gasteiger partial charge >= 0.3 is 0 Å². The zero-order chi connectivity index (χ0) is 18.7. The van der Waals surface area contributed by atoms with E-state index in [9.17, 15) is 18.6 Å². The third-order valence-electron chi connectivity index (χ3n) is 4.90. The molecule has 10 heteroatoms. The molecule has 1 aromatic rings. The highest BCUT2D eigenvalue weighted by atomic mass is 32.2. The Morgan fingerprint density at radius 1 is 1.27 bits per heavy atom. The van der Waals surface area contributed by atoms with Crippen molar-refractivity contribution in [1.29, 1.82) is 0 Å². The van der Waals surface area contributed by atoms with Gasteiger partial charge in [0, 0.05) is 38.9 Å². The van der Waals surface area contributed by atoms with Gasteiger partial charge in [-0.15, -0.1) is 0 Å². The lowest BCUT2D eigenvalue weighted by atomic mass is 10.0. The summed E-state index contributed by atoms with van der Waals surface area (Å²) in [6, 6.07) is 5.42. The largest absolute Gasteiger partial charge is 0.394 e. The van der Waals surface area contributed by atoms with Crippen LogP contribution in [-0.4, -0.2) is 98.5 Å². The van der Waals surface area contributed by atoms with E-state index in [1.54, 1.807) is 6.20 Å². The number of hydrogen-bond acceptors (Lipinski definition) is 8. The average Bonchev–Trinajstić information content (AvgIpc) is 2.96. The first kappa shape index (κ1) is 19.5. The number of aromatic nitrogens is 1. The van der Waals surface area contributed by atoms with Gasteiger partial charge in [-0.3, -0.25) is 4.90 Å². The van der Waals surface area contributed by atoms with Gasteiger partial charge in [-0.25, -0.2) is 18.1 Å². The number of nitrogens with zero attached hydrogens (tertiary/aromatic N) is 3. The van der Waals surface area contributed by atoms with Crippen LogP contribution in [0.2, 0.25) is 0 Å². The maximum atomic E-state index is 11.4. The van der Waals surface area contributed by atoms with E-state index in [2.05, 4.69) is 19.5 Å². The Bertz CT molecular complexity index is 681. The number of pyridine rings is 1. The molecule has 3 N–H and O–H groups in total. The van der Waals surface area contributed by atoms with Crippen molar-refractivity contribution in [1.82, 2.24) is 14.6 Å². The molecule has 1 aromatic heterocycles. The van der Waals surface area contributed by atoms with Crippen molar-refractivity contribution < 1.29 is 23.4 Å². The molecule has 26 heavy (non-hydrogen) atoms. The van der Waals surface area contributed by atoms with Gasteiger partial charge in [-0.2, -0.15) is 0 Å². The molecule has 2 fully saturated rings. The molecule has 0 unspecified atom stereocenters. The number of piperazine rings is 1. The minimum atomic E-state index is -3.36. The van der Waals surface area contributed by atoms with Crippen LogP contribution in [-0.2, 0) is 14.8 Å². The molecule has 9 nitrogen and oxygen atoms in total. The van der Waals surface area contributed by atoms with Crippen molar-refractivity contribution in [3.63, 3.8) is 0 Å². The van der Waals surface area contributed by atoms with Gasteiger partial charge in [0.2, 0.25) is 10.0 Å². The van der Waals surface area contributed by atoms with Crippen molar-refractivity contribution in [2.75, 3.05) is 50.5 Å². The maximum absolute atomic E-state index is 11.4.